The lowest BCUT2D eigenvalue weighted by Gasteiger charge is -2.13. The number of hydrogen-bond acceptors (Lipinski definition) is 5. The maximum atomic E-state index is 5.92. The zero-order valence-electron chi connectivity index (χ0n) is 18.3. The van der Waals surface area contributed by atoms with Gasteiger partial charge in [-0.25, -0.2) is 4.99 Å². The Balaban J connectivity index is 0.00000341. The number of fused-ring (bicyclic) bond motifs is 1. The molecule has 31 heavy (non-hydrogen) atoms. The Morgan fingerprint density at radius 3 is 2.77 bits per heavy atom. The Morgan fingerprint density at radius 2 is 1.97 bits per heavy atom. The Labute approximate surface area is 200 Å². The summed E-state index contributed by atoms with van der Waals surface area (Å²) in [4.78, 5) is 4.72. The lowest BCUT2D eigenvalue weighted by molar-refractivity contribution is 0.110. The molecule has 0 aliphatic heterocycles. The van der Waals surface area contributed by atoms with Crippen LogP contribution in [0.1, 0.15) is 30.8 Å². The van der Waals surface area contributed by atoms with Crippen molar-refractivity contribution < 1.29 is 9.47 Å². The number of hydrogen-bond donors (Lipinski definition) is 2. The maximum absolute atomic E-state index is 5.92. The summed E-state index contributed by atoms with van der Waals surface area (Å²) in [7, 11) is 0. The molecular weight excluding hydrogens is 507 g/mol. The molecule has 168 valence electrons. The molecule has 3 aromatic rings. The van der Waals surface area contributed by atoms with E-state index in [1.807, 2.05) is 48.7 Å². The second kappa shape index (κ2) is 13.1. The molecular formula is C22H31IN6O2. The highest BCUT2D eigenvalue weighted by Crippen LogP contribution is 2.21. The summed E-state index contributed by atoms with van der Waals surface area (Å²) in [6, 6.07) is 12.0. The van der Waals surface area contributed by atoms with Gasteiger partial charge in [0.15, 0.2) is 17.4 Å². The fraction of sp³-hybridized carbons (Fsp3) is 0.409. The molecule has 3 rings (SSSR count). The highest BCUT2D eigenvalue weighted by atomic mass is 127. The van der Waals surface area contributed by atoms with Gasteiger partial charge in [0.2, 0.25) is 0 Å². The molecule has 0 aliphatic carbocycles. The van der Waals surface area contributed by atoms with Crippen LogP contribution in [-0.4, -0.2) is 46.9 Å². The number of nitrogens with one attached hydrogen (secondary N) is 2. The predicted molar refractivity (Wildman–Crippen MR) is 133 cm³/mol. The molecule has 0 saturated carbocycles. The topological polar surface area (TPSA) is 85.1 Å². The fourth-order valence-corrected chi connectivity index (χ4v) is 2.96. The SMILES string of the molecule is CCNC(=NCc1ccc(C)cc1OCCOCC)NCc1nnc2ccccn12.I. The highest BCUT2D eigenvalue weighted by Gasteiger charge is 2.08. The van der Waals surface area contributed by atoms with Gasteiger partial charge in [-0.05, 0) is 44.5 Å². The van der Waals surface area contributed by atoms with Crippen molar-refractivity contribution in [1.29, 1.82) is 0 Å². The van der Waals surface area contributed by atoms with Crippen LogP contribution in [-0.2, 0) is 17.8 Å². The quantitative estimate of drug-likeness (QED) is 0.178. The largest absolute Gasteiger partial charge is 0.491 e. The number of ether oxygens (including phenoxy) is 2. The van der Waals surface area contributed by atoms with E-state index in [4.69, 9.17) is 14.5 Å². The Morgan fingerprint density at radius 1 is 1.10 bits per heavy atom. The first kappa shape index (κ1) is 24.9. The van der Waals surface area contributed by atoms with Crippen LogP contribution in [0.2, 0.25) is 0 Å². The summed E-state index contributed by atoms with van der Waals surface area (Å²) in [6.07, 6.45) is 1.95. The first-order valence-corrected chi connectivity index (χ1v) is 10.3. The molecule has 0 amide bonds. The van der Waals surface area contributed by atoms with E-state index >= 15 is 0 Å². The summed E-state index contributed by atoms with van der Waals surface area (Å²) in [5, 5.41) is 15.0. The van der Waals surface area contributed by atoms with Gasteiger partial charge < -0.3 is 20.1 Å². The molecule has 0 aliphatic rings. The molecule has 0 atom stereocenters. The van der Waals surface area contributed by atoms with Crippen molar-refractivity contribution in [2.24, 2.45) is 4.99 Å². The Kier molecular flexibility index (Phi) is 10.5. The smallest absolute Gasteiger partial charge is 0.191 e. The number of aliphatic imine (C=N–C) groups is 1. The number of benzene rings is 1. The van der Waals surface area contributed by atoms with Crippen LogP contribution < -0.4 is 15.4 Å². The predicted octanol–water partition coefficient (Wildman–Crippen LogP) is 3.33. The summed E-state index contributed by atoms with van der Waals surface area (Å²) in [5.41, 5.74) is 3.00. The average Bonchev–Trinajstić information content (AvgIpc) is 3.17. The number of guanidine groups is 1. The van der Waals surface area contributed by atoms with Crippen molar-refractivity contribution in [3.05, 3.63) is 59.5 Å². The maximum Gasteiger partial charge on any atom is 0.191 e. The minimum Gasteiger partial charge on any atom is -0.491 e. The number of nitrogens with zero attached hydrogens (tertiary/aromatic N) is 4. The van der Waals surface area contributed by atoms with Gasteiger partial charge in [0, 0.05) is 24.9 Å². The monoisotopic (exact) mass is 538 g/mol. The van der Waals surface area contributed by atoms with Gasteiger partial charge in [0.1, 0.15) is 12.4 Å². The molecule has 0 saturated heterocycles. The zero-order chi connectivity index (χ0) is 21.2. The van der Waals surface area contributed by atoms with Gasteiger partial charge in [-0.1, -0.05) is 18.2 Å². The number of rotatable bonds is 10. The first-order valence-electron chi connectivity index (χ1n) is 10.3. The number of aromatic nitrogens is 3. The molecule has 0 unspecified atom stereocenters. The zero-order valence-corrected chi connectivity index (χ0v) is 20.6. The summed E-state index contributed by atoms with van der Waals surface area (Å²) < 4.78 is 13.2. The second-order valence-corrected chi connectivity index (χ2v) is 6.75. The lowest BCUT2D eigenvalue weighted by Crippen LogP contribution is -2.37. The van der Waals surface area contributed by atoms with Gasteiger partial charge in [-0.3, -0.25) is 4.40 Å². The standard InChI is InChI=1S/C22H30N6O2.HI/c1-4-23-22(25-16-21-27-26-20-8-6-7-11-28(20)21)24-15-18-10-9-17(3)14-19(18)30-13-12-29-5-2;/h6-11,14H,4-5,12-13,15-16H2,1-3H3,(H2,23,24,25);1H. The molecule has 8 nitrogen and oxygen atoms in total. The van der Waals surface area contributed by atoms with E-state index in [1.165, 1.54) is 0 Å². The molecule has 2 N–H and O–H groups in total. The first-order chi connectivity index (χ1) is 14.7. The third-order valence-electron chi connectivity index (χ3n) is 4.46. The summed E-state index contributed by atoms with van der Waals surface area (Å²) >= 11 is 0. The van der Waals surface area contributed by atoms with E-state index in [9.17, 15) is 0 Å². The lowest BCUT2D eigenvalue weighted by atomic mass is 10.1. The van der Waals surface area contributed by atoms with Gasteiger partial charge >= 0.3 is 0 Å². The van der Waals surface area contributed by atoms with Crippen molar-refractivity contribution in [3.63, 3.8) is 0 Å². The molecule has 2 aromatic heterocycles. The second-order valence-electron chi connectivity index (χ2n) is 6.75. The number of halogens is 1. The molecule has 9 heteroatoms. The third kappa shape index (κ3) is 7.35. The van der Waals surface area contributed by atoms with Crippen molar-refractivity contribution in [3.8, 4) is 5.75 Å². The van der Waals surface area contributed by atoms with Crippen LogP contribution in [0.25, 0.3) is 5.65 Å². The third-order valence-corrected chi connectivity index (χ3v) is 4.46. The van der Waals surface area contributed by atoms with Crippen LogP contribution in [0, 0.1) is 6.92 Å². The van der Waals surface area contributed by atoms with E-state index in [-0.39, 0.29) is 24.0 Å². The van der Waals surface area contributed by atoms with Crippen LogP contribution in [0.4, 0.5) is 0 Å². The van der Waals surface area contributed by atoms with E-state index in [0.717, 1.165) is 34.9 Å². The van der Waals surface area contributed by atoms with Crippen molar-refractivity contribution in [2.75, 3.05) is 26.4 Å². The van der Waals surface area contributed by atoms with Crippen molar-refractivity contribution in [1.82, 2.24) is 25.2 Å². The van der Waals surface area contributed by atoms with Crippen molar-refractivity contribution >= 4 is 35.6 Å². The molecule has 0 bridgehead atoms. The fourth-order valence-electron chi connectivity index (χ4n) is 2.96. The van der Waals surface area contributed by atoms with Gasteiger partial charge in [-0.2, -0.15) is 0 Å². The molecule has 0 spiro atoms. The highest BCUT2D eigenvalue weighted by molar-refractivity contribution is 14.0. The minimum absolute atomic E-state index is 0. The van der Waals surface area contributed by atoms with Gasteiger partial charge in [0.25, 0.3) is 0 Å². The van der Waals surface area contributed by atoms with E-state index < -0.39 is 0 Å². The summed E-state index contributed by atoms with van der Waals surface area (Å²) in [5.74, 6) is 2.38. The number of pyridine rings is 1. The minimum atomic E-state index is 0. The van der Waals surface area contributed by atoms with E-state index in [0.29, 0.717) is 38.9 Å². The Hall–Kier alpha value is -2.40. The van der Waals surface area contributed by atoms with Crippen LogP contribution in [0.3, 0.4) is 0 Å². The molecule has 1 aromatic carbocycles. The van der Waals surface area contributed by atoms with Crippen LogP contribution in [0.5, 0.6) is 5.75 Å². The van der Waals surface area contributed by atoms with Gasteiger partial charge in [0.05, 0.1) is 19.7 Å². The summed E-state index contributed by atoms with van der Waals surface area (Å²) in [6.45, 7) is 9.63. The van der Waals surface area contributed by atoms with Crippen LogP contribution in [0.15, 0.2) is 47.6 Å². The molecule has 2 heterocycles. The van der Waals surface area contributed by atoms with Gasteiger partial charge in [-0.15, -0.1) is 34.2 Å². The van der Waals surface area contributed by atoms with E-state index in [2.05, 4.69) is 39.9 Å². The van der Waals surface area contributed by atoms with Crippen LogP contribution >= 0.6 is 24.0 Å². The average molecular weight is 538 g/mol. The molecule has 0 fully saturated rings. The van der Waals surface area contributed by atoms with E-state index in [1.54, 1.807) is 0 Å². The molecule has 0 radical (unpaired) electrons. The normalized spacial score (nSPS) is 11.3. The number of aryl methyl sites for hydroxylation is 1. The Bertz CT molecular complexity index is 976. The van der Waals surface area contributed by atoms with Crippen molar-refractivity contribution in [2.45, 2.75) is 33.9 Å².